The minimum atomic E-state index is -0.872. The molecule has 0 saturated heterocycles. The van der Waals surface area contributed by atoms with Gasteiger partial charge in [0.15, 0.2) is 11.9 Å². The van der Waals surface area contributed by atoms with Gasteiger partial charge in [0.25, 0.3) is 5.91 Å². The summed E-state index contributed by atoms with van der Waals surface area (Å²) in [6, 6.07) is 6.38. The van der Waals surface area contributed by atoms with Crippen LogP contribution in [0.1, 0.15) is 5.56 Å². The maximum absolute atomic E-state index is 12.1. The molecule has 0 aromatic heterocycles. The average molecular weight is 312 g/mol. The zero-order valence-electron chi connectivity index (χ0n) is 12.5. The molecule has 1 aromatic carbocycles. The second-order valence-corrected chi connectivity index (χ2v) is 5.32. The molecule has 3 N–H and O–H groups in total. The van der Waals surface area contributed by atoms with Crippen LogP contribution in [-0.2, 0) is 9.59 Å². The number of amides is 2. The Bertz CT molecular complexity index is 722. The van der Waals surface area contributed by atoms with Crippen LogP contribution in [0.25, 0.3) is 0 Å². The first-order chi connectivity index (χ1) is 11.1. The SMILES string of the molecule is Cc1ccc(N=C[C@@H]2CN=C3N=C(N)NC(=O)C3N2C=O)cc1. The van der Waals surface area contributed by atoms with Crippen molar-refractivity contribution in [2.75, 3.05) is 6.54 Å². The summed E-state index contributed by atoms with van der Waals surface area (Å²) in [5.41, 5.74) is 7.41. The minimum absolute atomic E-state index is 0.0115. The van der Waals surface area contributed by atoms with E-state index in [0.717, 1.165) is 11.3 Å². The number of nitrogens with one attached hydrogen (secondary N) is 1. The molecule has 0 radical (unpaired) electrons. The molecule has 8 heteroatoms. The average Bonchev–Trinajstić information content (AvgIpc) is 2.53. The highest BCUT2D eigenvalue weighted by molar-refractivity contribution is 6.20. The van der Waals surface area contributed by atoms with Crippen molar-refractivity contribution in [3.63, 3.8) is 0 Å². The van der Waals surface area contributed by atoms with Crippen LogP contribution in [0.3, 0.4) is 0 Å². The van der Waals surface area contributed by atoms with E-state index in [1.54, 1.807) is 6.21 Å². The fourth-order valence-electron chi connectivity index (χ4n) is 2.45. The fraction of sp³-hybridized carbons (Fsp3) is 0.267. The Balaban J connectivity index is 1.85. The Morgan fingerprint density at radius 3 is 2.83 bits per heavy atom. The number of nitrogens with two attached hydrogens (primary N) is 1. The highest BCUT2D eigenvalue weighted by Crippen LogP contribution is 2.17. The van der Waals surface area contributed by atoms with Gasteiger partial charge in [0.05, 0.1) is 18.3 Å². The molecular formula is C15H16N6O2. The Morgan fingerprint density at radius 1 is 1.39 bits per heavy atom. The van der Waals surface area contributed by atoms with E-state index in [1.807, 2.05) is 31.2 Å². The van der Waals surface area contributed by atoms with Crippen LogP contribution in [0.5, 0.6) is 0 Å². The van der Waals surface area contributed by atoms with Crippen molar-refractivity contribution in [3.8, 4) is 0 Å². The number of rotatable bonds is 3. The van der Waals surface area contributed by atoms with Crippen molar-refractivity contribution in [2.24, 2.45) is 20.7 Å². The number of hydrogen-bond donors (Lipinski definition) is 2. The molecule has 2 aliphatic heterocycles. The molecular weight excluding hydrogens is 296 g/mol. The van der Waals surface area contributed by atoms with E-state index in [-0.39, 0.29) is 18.3 Å². The van der Waals surface area contributed by atoms with Gasteiger partial charge < -0.3 is 10.6 Å². The summed E-state index contributed by atoms with van der Waals surface area (Å²) in [6.45, 7) is 2.27. The van der Waals surface area contributed by atoms with Gasteiger partial charge in [0, 0.05) is 6.21 Å². The van der Waals surface area contributed by atoms with E-state index >= 15 is 0 Å². The Morgan fingerprint density at radius 2 is 2.13 bits per heavy atom. The van der Waals surface area contributed by atoms with E-state index < -0.39 is 18.0 Å². The fourth-order valence-corrected chi connectivity index (χ4v) is 2.45. The second kappa shape index (κ2) is 5.99. The molecule has 3 rings (SSSR count). The molecule has 8 nitrogen and oxygen atoms in total. The molecule has 2 aliphatic rings. The first-order valence-corrected chi connectivity index (χ1v) is 7.11. The number of hydrogen-bond acceptors (Lipinski definition) is 6. The monoisotopic (exact) mass is 312 g/mol. The summed E-state index contributed by atoms with van der Waals surface area (Å²) < 4.78 is 0. The molecule has 0 spiro atoms. The summed E-state index contributed by atoms with van der Waals surface area (Å²) in [4.78, 5) is 37.5. The van der Waals surface area contributed by atoms with Gasteiger partial charge in [-0.05, 0) is 19.1 Å². The molecule has 2 heterocycles. The lowest BCUT2D eigenvalue weighted by atomic mass is 10.1. The van der Waals surface area contributed by atoms with Crippen LogP contribution in [0.4, 0.5) is 5.69 Å². The second-order valence-electron chi connectivity index (χ2n) is 5.32. The molecule has 1 unspecified atom stereocenters. The van der Waals surface area contributed by atoms with E-state index in [0.29, 0.717) is 6.41 Å². The zero-order valence-corrected chi connectivity index (χ0v) is 12.5. The molecule has 0 bridgehead atoms. The van der Waals surface area contributed by atoms with Crippen molar-refractivity contribution in [2.45, 2.75) is 19.0 Å². The number of carbonyl (C=O) groups excluding carboxylic acids is 2. The van der Waals surface area contributed by atoms with Gasteiger partial charge in [0.1, 0.15) is 0 Å². The quantitative estimate of drug-likeness (QED) is 0.592. The van der Waals surface area contributed by atoms with Crippen LogP contribution in [-0.4, -0.2) is 53.9 Å². The van der Waals surface area contributed by atoms with Crippen LogP contribution in [0, 0.1) is 6.92 Å². The van der Waals surface area contributed by atoms with Crippen molar-refractivity contribution >= 4 is 36.0 Å². The minimum Gasteiger partial charge on any atom is -0.369 e. The van der Waals surface area contributed by atoms with Gasteiger partial charge in [-0.3, -0.25) is 24.9 Å². The molecule has 23 heavy (non-hydrogen) atoms. The Kier molecular flexibility index (Phi) is 3.88. The first-order valence-electron chi connectivity index (χ1n) is 7.11. The summed E-state index contributed by atoms with van der Waals surface area (Å²) in [7, 11) is 0. The highest BCUT2D eigenvalue weighted by atomic mass is 16.2. The number of guanidine groups is 1. The largest absolute Gasteiger partial charge is 0.369 e. The van der Waals surface area contributed by atoms with Crippen LogP contribution in [0.15, 0.2) is 39.2 Å². The number of benzene rings is 1. The predicted octanol–water partition coefficient (Wildman–Crippen LogP) is -0.250. The van der Waals surface area contributed by atoms with Gasteiger partial charge >= 0.3 is 0 Å². The third-order valence-electron chi connectivity index (χ3n) is 3.65. The number of aryl methyl sites for hydroxylation is 1. The van der Waals surface area contributed by atoms with Gasteiger partial charge in [-0.25, -0.2) is 0 Å². The molecule has 0 fully saturated rings. The van der Waals surface area contributed by atoms with E-state index in [1.165, 1.54) is 4.90 Å². The van der Waals surface area contributed by atoms with Gasteiger partial charge in [-0.2, -0.15) is 4.99 Å². The van der Waals surface area contributed by atoms with Crippen LogP contribution >= 0.6 is 0 Å². The maximum Gasteiger partial charge on any atom is 0.257 e. The third kappa shape index (κ3) is 2.96. The smallest absolute Gasteiger partial charge is 0.257 e. The summed E-state index contributed by atoms with van der Waals surface area (Å²) in [6.07, 6.45) is 2.23. The van der Waals surface area contributed by atoms with E-state index in [2.05, 4.69) is 20.3 Å². The van der Waals surface area contributed by atoms with Crippen molar-refractivity contribution < 1.29 is 9.59 Å². The number of fused-ring (bicyclic) bond motifs is 1. The van der Waals surface area contributed by atoms with Crippen molar-refractivity contribution in [1.82, 2.24) is 10.2 Å². The lowest BCUT2D eigenvalue weighted by Crippen LogP contribution is -2.62. The highest BCUT2D eigenvalue weighted by Gasteiger charge is 2.40. The predicted molar refractivity (Wildman–Crippen MR) is 86.9 cm³/mol. The summed E-state index contributed by atoms with van der Waals surface area (Å²) >= 11 is 0. The summed E-state index contributed by atoms with van der Waals surface area (Å²) in [5, 5.41) is 2.41. The maximum atomic E-state index is 12.1. The normalized spacial score (nSPS) is 23.9. The van der Waals surface area contributed by atoms with Gasteiger partial charge in [-0.15, -0.1) is 0 Å². The molecule has 2 atom stereocenters. The lowest BCUT2D eigenvalue weighted by molar-refractivity contribution is -0.130. The van der Waals surface area contributed by atoms with E-state index in [4.69, 9.17) is 5.73 Å². The zero-order chi connectivity index (χ0) is 16.4. The molecule has 118 valence electrons. The third-order valence-corrected chi connectivity index (χ3v) is 3.65. The number of aliphatic imine (C=N–C) groups is 3. The topological polar surface area (TPSA) is 113 Å². The summed E-state index contributed by atoms with van der Waals surface area (Å²) in [5.74, 6) is -0.183. The Labute approximate surface area is 132 Å². The van der Waals surface area contributed by atoms with Gasteiger partial charge in [0.2, 0.25) is 12.4 Å². The number of nitrogens with zero attached hydrogens (tertiary/aromatic N) is 4. The van der Waals surface area contributed by atoms with Crippen LogP contribution < -0.4 is 11.1 Å². The van der Waals surface area contributed by atoms with Crippen LogP contribution in [0.2, 0.25) is 0 Å². The van der Waals surface area contributed by atoms with Gasteiger partial charge in [-0.1, -0.05) is 17.7 Å². The number of amidine groups is 1. The molecule has 1 aromatic rings. The standard InChI is InChI=1S/C15H16N6O2/c1-9-2-4-10(5-3-9)17-6-11-7-18-13-12(21(11)8-22)14(23)20-15(16)19-13/h2-6,8,11-12H,7H2,1H3,(H3,16,18,19,20,23)/t11-,12?/m1/s1. The van der Waals surface area contributed by atoms with E-state index in [9.17, 15) is 9.59 Å². The van der Waals surface area contributed by atoms with Crippen molar-refractivity contribution in [1.29, 1.82) is 0 Å². The Hall–Kier alpha value is -3.03. The lowest BCUT2D eigenvalue weighted by Gasteiger charge is -2.36. The molecule has 0 aliphatic carbocycles. The number of carbonyl (C=O) groups is 2. The molecule has 0 saturated carbocycles. The van der Waals surface area contributed by atoms with Crippen molar-refractivity contribution in [3.05, 3.63) is 29.8 Å². The first kappa shape index (κ1) is 14.9. The molecule has 2 amide bonds.